The first-order valence-electron chi connectivity index (χ1n) is 7.09. The molecule has 6 nitrogen and oxygen atoms in total. The van der Waals surface area contributed by atoms with Crippen molar-refractivity contribution in [2.75, 3.05) is 38.6 Å². The van der Waals surface area contributed by atoms with Crippen molar-refractivity contribution in [2.45, 2.75) is 27.2 Å². The molecular weight excluding hydrogens is 290 g/mol. The summed E-state index contributed by atoms with van der Waals surface area (Å²) in [5.41, 5.74) is 0.0957. The van der Waals surface area contributed by atoms with Crippen molar-refractivity contribution in [3.63, 3.8) is 0 Å². The molecule has 0 amide bonds. The van der Waals surface area contributed by atoms with Gasteiger partial charge in [0.15, 0.2) is 16.6 Å². The van der Waals surface area contributed by atoms with Crippen LogP contribution in [0.5, 0.6) is 0 Å². The Labute approximate surface area is 129 Å². The van der Waals surface area contributed by atoms with E-state index < -0.39 is 5.97 Å². The van der Waals surface area contributed by atoms with Crippen molar-refractivity contribution >= 4 is 28.2 Å². The number of likely N-dealkylation sites (N-methyl/N-ethyl adjacent to an activating group) is 1. The van der Waals surface area contributed by atoms with Gasteiger partial charge in [-0.2, -0.15) is 0 Å². The Morgan fingerprint density at radius 1 is 1.33 bits per heavy atom. The fourth-order valence-electron chi connectivity index (χ4n) is 1.93. The van der Waals surface area contributed by atoms with Gasteiger partial charge in [-0.1, -0.05) is 25.2 Å². The van der Waals surface area contributed by atoms with E-state index in [0.29, 0.717) is 10.0 Å². The number of Topliss-reactive ketones (excluding diaryl/α,β-unsaturated/α-hetero) is 1. The molecule has 0 radical (unpaired) electrons. The van der Waals surface area contributed by atoms with Crippen LogP contribution in [-0.4, -0.2) is 54.9 Å². The Kier molecular flexibility index (Phi) is 7.31. The van der Waals surface area contributed by atoms with Crippen molar-refractivity contribution in [2.24, 2.45) is 0 Å². The maximum absolute atomic E-state index is 11.6. The second-order valence-electron chi connectivity index (χ2n) is 4.61. The summed E-state index contributed by atoms with van der Waals surface area (Å²) in [5, 5.41) is 3.75. The number of esters is 1. The zero-order valence-corrected chi connectivity index (χ0v) is 13.9. The number of hydrogen-bond donors (Lipinski definition) is 1. The van der Waals surface area contributed by atoms with Gasteiger partial charge >= 0.3 is 5.97 Å². The average molecular weight is 313 g/mol. The molecule has 0 saturated carbocycles. The number of hydrogen-bond acceptors (Lipinski definition) is 7. The molecule has 0 aliphatic carbocycles. The maximum atomic E-state index is 11.6. The normalized spacial score (nSPS) is 10.7. The summed E-state index contributed by atoms with van der Waals surface area (Å²) in [6.07, 6.45) is 1.12. The number of aromatic nitrogens is 1. The summed E-state index contributed by atoms with van der Waals surface area (Å²) in [6.45, 7) is 9.37. The lowest BCUT2D eigenvalue weighted by molar-refractivity contribution is 0.0591. The van der Waals surface area contributed by atoms with Crippen LogP contribution in [0.4, 0.5) is 5.13 Å². The minimum absolute atomic E-state index is 0.0957. The fraction of sp³-hybridized carbons (Fsp3) is 0.643. The summed E-state index contributed by atoms with van der Waals surface area (Å²) in [6, 6.07) is 0. The Bertz CT molecular complexity index is 488. The van der Waals surface area contributed by atoms with Crippen LogP contribution >= 0.6 is 11.3 Å². The molecule has 0 saturated heterocycles. The number of thiazole rings is 1. The van der Waals surface area contributed by atoms with Gasteiger partial charge in [0.25, 0.3) is 0 Å². The van der Waals surface area contributed by atoms with Crippen LogP contribution in [0, 0.1) is 0 Å². The molecule has 118 valence electrons. The molecule has 0 fully saturated rings. The molecule has 0 aliphatic heterocycles. The molecule has 0 unspecified atom stereocenters. The summed E-state index contributed by atoms with van der Waals surface area (Å²) in [4.78, 5) is 30.0. The lowest BCUT2D eigenvalue weighted by atomic mass is 10.3. The third kappa shape index (κ3) is 5.09. The third-order valence-electron chi connectivity index (χ3n) is 3.02. The molecule has 0 atom stereocenters. The van der Waals surface area contributed by atoms with E-state index in [4.69, 9.17) is 0 Å². The van der Waals surface area contributed by atoms with Crippen LogP contribution in [-0.2, 0) is 4.74 Å². The highest BCUT2D eigenvalue weighted by Crippen LogP contribution is 2.24. The average Bonchev–Trinajstić information content (AvgIpc) is 2.90. The predicted octanol–water partition coefficient (Wildman–Crippen LogP) is 2.28. The molecule has 1 N–H and O–H groups in total. The monoisotopic (exact) mass is 313 g/mol. The summed E-state index contributed by atoms with van der Waals surface area (Å²) >= 11 is 1.19. The Morgan fingerprint density at radius 3 is 2.57 bits per heavy atom. The second kappa shape index (κ2) is 8.74. The lowest BCUT2D eigenvalue weighted by Crippen LogP contribution is -2.29. The smallest absolute Gasteiger partial charge is 0.358 e. The Hall–Kier alpha value is -1.47. The van der Waals surface area contributed by atoms with Gasteiger partial charge in [0, 0.05) is 20.0 Å². The topological polar surface area (TPSA) is 71.5 Å². The maximum Gasteiger partial charge on any atom is 0.358 e. The number of methoxy groups -OCH3 is 1. The van der Waals surface area contributed by atoms with Crippen LogP contribution in [0.15, 0.2) is 0 Å². The third-order valence-corrected chi connectivity index (χ3v) is 4.13. The molecule has 7 heteroatoms. The number of nitrogens with zero attached hydrogens (tertiary/aromatic N) is 2. The van der Waals surface area contributed by atoms with Crippen LogP contribution in [0.3, 0.4) is 0 Å². The zero-order chi connectivity index (χ0) is 15.8. The predicted molar refractivity (Wildman–Crippen MR) is 84.4 cm³/mol. The van der Waals surface area contributed by atoms with E-state index in [0.717, 1.165) is 32.6 Å². The minimum atomic E-state index is -0.578. The van der Waals surface area contributed by atoms with E-state index in [-0.39, 0.29) is 11.5 Å². The molecular formula is C14H23N3O3S. The van der Waals surface area contributed by atoms with E-state index in [9.17, 15) is 9.59 Å². The highest BCUT2D eigenvalue weighted by molar-refractivity contribution is 7.17. The standard InChI is InChI=1S/C14H23N3O3S/c1-5-8-17(6-2)9-7-15-14-16-11(13(19)20-4)12(21-14)10(3)18/h5-9H2,1-4H3,(H,15,16). The van der Waals surface area contributed by atoms with Crippen LogP contribution < -0.4 is 5.32 Å². The molecule has 1 aromatic heterocycles. The number of nitrogens with one attached hydrogen (secondary N) is 1. The van der Waals surface area contributed by atoms with E-state index >= 15 is 0 Å². The molecule has 21 heavy (non-hydrogen) atoms. The zero-order valence-electron chi connectivity index (χ0n) is 13.1. The molecule has 1 heterocycles. The van der Waals surface area contributed by atoms with Gasteiger partial charge in [0.2, 0.25) is 0 Å². The summed E-state index contributed by atoms with van der Waals surface area (Å²) in [5.74, 6) is -0.757. The Balaban J connectivity index is 2.68. The van der Waals surface area contributed by atoms with Crippen molar-refractivity contribution in [1.29, 1.82) is 0 Å². The van der Waals surface area contributed by atoms with Gasteiger partial charge in [0.05, 0.1) is 7.11 Å². The minimum Gasteiger partial charge on any atom is -0.464 e. The first kappa shape index (κ1) is 17.6. The van der Waals surface area contributed by atoms with Crippen LogP contribution in [0.2, 0.25) is 0 Å². The van der Waals surface area contributed by atoms with Crippen molar-refractivity contribution < 1.29 is 14.3 Å². The lowest BCUT2D eigenvalue weighted by Gasteiger charge is -2.19. The highest BCUT2D eigenvalue weighted by Gasteiger charge is 2.21. The Morgan fingerprint density at radius 2 is 2.05 bits per heavy atom. The van der Waals surface area contributed by atoms with Gasteiger partial charge in [-0.05, 0) is 19.5 Å². The van der Waals surface area contributed by atoms with Crippen LogP contribution in [0.25, 0.3) is 0 Å². The van der Waals surface area contributed by atoms with Crippen molar-refractivity contribution in [1.82, 2.24) is 9.88 Å². The number of ketones is 1. The molecule has 0 spiro atoms. The molecule has 0 aliphatic rings. The van der Waals surface area contributed by atoms with E-state index in [1.54, 1.807) is 0 Å². The van der Waals surface area contributed by atoms with Gasteiger partial charge in [-0.25, -0.2) is 9.78 Å². The molecule has 1 rings (SSSR count). The SMILES string of the molecule is CCCN(CC)CCNc1nc(C(=O)OC)c(C(C)=O)s1. The van der Waals surface area contributed by atoms with Gasteiger partial charge in [0.1, 0.15) is 4.88 Å². The van der Waals surface area contributed by atoms with Gasteiger partial charge < -0.3 is 15.0 Å². The summed E-state index contributed by atoms with van der Waals surface area (Å²) in [7, 11) is 1.28. The fourth-order valence-corrected chi connectivity index (χ4v) is 2.81. The number of rotatable bonds is 9. The number of carbonyl (C=O) groups is 2. The quantitative estimate of drug-likeness (QED) is 0.557. The first-order valence-corrected chi connectivity index (χ1v) is 7.91. The first-order chi connectivity index (χ1) is 10.0. The van der Waals surface area contributed by atoms with E-state index in [1.807, 2.05) is 0 Å². The van der Waals surface area contributed by atoms with Crippen LogP contribution in [0.1, 0.15) is 47.4 Å². The van der Waals surface area contributed by atoms with Gasteiger partial charge in [-0.15, -0.1) is 0 Å². The van der Waals surface area contributed by atoms with E-state index in [1.165, 1.54) is 25.4 Å². The molecule has 0 aromatic carbocycles. The summed E-state index contributed by atoms with van der Waals surface area (Å²) < 4.78 is 4.65. The highest BCUT2D eigenvalue weighted by atomic mass is 32.1. The van der Waals surface area contributed by atoms with Gasteiger partial charge in [-0.3, -0.25) is 4.79 Å². The molecule has 1 aromatic rings. The largest absolute Gasteiger partial charge is 0.464 e. The van der Waals surface area contributed by atoms with E-state index in [2.05, 4.69) is 33.8 Å². The molecule has 0 bridgehead atoms. The number of ether oxygens (including phenoxy) is 1. The number of anilines is 1. The van der Waals surface area contributed by atoms with Crippen molar-refractivity contribution in [3.8, 4) is 0 Å². The van der Waals surface area contributed by atoms with Crippen molar-refractivity contribution in [3.05, 3.63) is 10.6 Å². The second-order valence-corrected chi connectivity index (χ2v) is 5.60. The number of carbonyl (C=O) groups excluding carboxylic acids is 2.